The van der Waals surface area contributed by atoms with E-state index in [1.54, 1.807) is 11.3 Å². The second-order valence-corrected chi connectivity index (χ2v) is 6.62. The summed E-state index contributed by atoms with van der Waals surface area (Å²) in [6, 6.07) is 9.57. The predicted octanol–water partition coefficient (Wildman–Crippen LogP) is 3.00. The minimum Gasteiger partial charge on any atom is -0.376 e. The Hall–Kier alpha value is -2.18. The number of ether oxygens (including phenoxy) is 1. The van der Waals surface area contributed by atoms with E-state index < -0.39 is 0 Å². The highest BCUT2D eigenvalue weighted by Gasteiger charge is 2.17. The van der Waals surface area contributed by atoms with Crippen LogP contribution >= 0.6 is 11.3 Å². The Morgan fingerprint density at radius 1 is 1.39 bits per heavy atom. The van der Waals surface area contributed by atoms with Crippen LogP contribution in [-0.2, 0) is 4.74 Å². The van der Waals surface area contributed by atoms with Crippen LogP contribution in [0.4, 0.5) is 0 Å². The number of carbonyl (C=O) groups is 1. The van der Waals surface area contributed by atoms with Gasteiger partial charge in [-0.05, 0) is 43.2 Å². The zero-order valence-electron chi connectivity index (χ0n) is 12.6. The van der Waals surface area contributed by atoms with Gasteiger partial charge in [0.25, 0.3) is 5.91 Å². The van der Waals surface area contributed by atoms with Crippen LogP contribution in [0.3, 0.4) is 0 Å². The molecule has 0 unspecified atom stereocenters. The highest BCUT2D eigenvalue weighted by molar-refractivity contribution is 7.20. The fourth-order valence-electron chi connectivity index (χ4n) is 2.74. The quantitative estimate of drug-likeness (QED) is 0.801. The number of hydrogen-bond donors (Lipinski definition) is 1. The first kappa shape index (κ1) is 14.4. The van der Waals surface area contributed by atoms with E-state index in [4.69, 9.17) is 4.74 Å². The Bertz CT molecular complexity index is 820. The van der Waals surface area contributed by atoms with Crippen molar-refractivity contribution in [2.24, 2.45) is 0 Å². The molecule has 5 nitrogen and oxygen atoms in total. The lowest BCUT2D eigenvalue weighted by Gasteiger charge is -2.10. The number of carbonyl (C=O) groups excluding carboxylic acids is 1. The molecule has 1 amide bonds. The number of rotatable bonds is 4. The highest BCUT2D eigenvalue weighted by atomic mass is 32.1. The molecule has 3 aromatic rings. The van der Waals surface area contributed by atoms with E-state index >= 15 is 0 Å². The lowest BCUT2D eigenvalue weighted by atomic mass is 10.2. The van der Waals surface area contributed by atoms with E-state index in [0.29, 0.717) is 12.1 Å². The van der Waals surface area contributed by atoms with Gasteiger partial charge in [0.15, 0.2) is 5.13 Å². The van der Waals surface area contributed by atoms with Crippen LogP contribution in [0.2, 0.25) is 0 Å². The molecule has 3 heterocycles. The van der Waals surface area contributed by atoms with Crippen LogP contribution in [0.5, 0.6) is 0 Å². The molecule has 0 radical (unpaired) electrons. The first-order valence-electron chi connectivity index (χ1n) is 7.73. The molecule has 1 atom stereocenters. The van der Waals surface area contributed by atoms with Crippen molar-refractivity contribution in [2.75, 3.05) is 13.2 Å². The normalized spacial score (nSPS) is 17.7. The van der Waals surface area contributed by atoms with Gasteiger partial charge in [-0.1, -0.05) is 11.3 Å². The Kier molecular flexibility index (Phi) is 3.85. The largest absolute Gasteiger partial charge is 0.376 e. The summed E-state index contributed by atoms with van der Waals surface area (Å²) < 4.78 is 8.52. The second-order valence-electron chi connectivity index (χ2n) is 5.61. The van der Waals surface area contributed by atoms with Crippen LogP contribution in [0.1, 0.15) is 23.2 Å². The van der Waals surface area contributed by atoms with Crippen molar-refractivity contribution in [2.45, 2.75) is 18.9 Å². The number of hydrogen-bond acceptors (Lipinski definition) is 4. The molecule has 0 bridgehead atoms. The zero-order chi connectivity index (χ0) is 15.6. The van der Waals surface area contributed by atoms with Crippen molar-refractivity contribution in [3.8, 4) is 5.13 Å². The summed E-state index contributed by atoms with van der Waals surface area (Å²) in [7, 11) is 0. The minimum atomic E-state index is -0.0571. The van der Waals surface area contributed by atoms with Gasteiger partial charge in [-0.25, -0.2) is 4.98 Å². The van der Waals surface area contributed by atoms with E-state index in [9.17, 15) is 4.79 Å². The zero-order valence-corrected chi connectivity index (χ0v) is 13.4. The van der Waals surface area contributed by atoms with Gasteiger partial charge in [0.1, 0.15) is 0 Å². The summed E-state index contributed by atoms with van der Waals surface area (Å²) in [5, 5.41) is 3.86. The van der Waals surface area contributed by atoms with Gasteiger partial charge in [-0.2, -0.15) is 0 Å². The number of amides is 1. The van der Waals surface area contributed by atoms with Crippen LogP contribution in [-0.4, -0.2) is 34.7 Å². The van der Waals surface area contributed by atoms with E-state index in [1.165, 1.54) is 0 Å². The maximum atomic E-state index is 12.3. The summed E-state index contributed by atoms with van der Waals surface area (Å²) in [6.07, 6.45) is 6.19. The molecular formula is C17H17N3O2S. The maximum Gasteiger partial charge on any atom is 0.251 e. The molecule has 0 aliphatic carbocycles. The van der Waals surface area contributed by atoms with Crippen LogP contribution in [0.15, 0.2) is 42.7 Å². The molecule has 118 valence electrons. The molecule has 1 fully saturated rings. The molecule has 1 saturated heterocycles. The van der Waals surface area contributed by atoms with E-state index in [2.05, 4.69) is 10.3 Å². The molecule has 1 aliphatic heterocycles. The highest BCUT2D eigenvalue weighted by Crippen LogP contribution is 2.26. The third-order valence-corrected chi connectivity index (χ3v) is 5.01. The molecular weight excluding hydrogens is 310 g/mol. The van der Waals surface area contributed by atoms with E-state index in [0.717, 1.165) is 34.8 Å². The fourth-order valence-corrected chi connectivity index (χ4v) is 3.71. The van der Waals surface area contributed by atoms with Crippen molar-refractivity contribution in [3.05, 3.63) is 48.3 Å². The smallest absolute Gasteiger partial charge is 0.251 e. The van der Waals surface area contributed by atoms with Crippen LogP contribution in [0, 0.1) is 0 Å². The van der Waals surface area contributed by atoms with Crippen molar-refractivity contribution >= 4 is 27.5 Å². The molecule has 23 heavy (non-hydrogen) atoms. The summed E-state index contributed by atoms with van der Waals surface area (Å²) in [5.74, 6) is -0.0571. The average Bonchev–Trinajstić information content (AvgIpc) is 3.32. The summed E-state index contributed by atoms with van der Waals surface area (Å²) >= 11 is 1.58. The third kappa shape index (κ3) is 3.00. The van der Waals surface area contributed by atoms with Gasteiger partial charge >= 0.3 is 0 Å². The summed E-state index contributed by atoms with van der Waals surface area (Å²) in [5.41, 5.74) is 1.58. The molecule has 2 aromatic heterocycles. The van der Waals surface area contributed by atoms with Crippen molar-refractivity contribution < 1.29 is 9.53 Å². The van der Waals surface area contributed by atoms with Gasteiger partial charge < -0.3 is 14.6 Å². The number of thiazole rings is 1. The Morgan fingerprint density at radius 2 is 2.26 bits per heavy atom. The molecule has 6 heteroatoms. The Labute approximate surface area is 137 Å². The first-order chi connectivity index (χ1) is 11.3. The van der Waals surface area contributed by atoms with Gasteiger partial charge in [-0.3, -0.25) is 4.79 Å². The van der Waals surface area contributed by atoms with Crippen molar-refractivity contribution in [1.29, 1.82) is 0 Å². The van der Waals surface area contributed by atoms with Crippen LogP contribution in [0.25, 0.3) is 15.3 Å². The summed E-state index contributed by atoms with van der Waals surface area (Å²) in [4.78, 5) is 16.9. The van der Waals surface area contributed by atoms with Gasteiger partial charge in [0.05, 0.1) is 16.3 Å². The predicted molar refractivity (Wildman–Crippen MR) is 90.3 cm³/mol. The fraction of sp³-hybridized carbons (Fsp3) is 0.294. The second kappa shape index (κ2) is 6.14. The molecule has 0 spiro atoms. The molecule has 1 aromatic carbocycles. The van der Waals surface area contributed by atoms with E-state index in [-0.39, 0.29) is 12.0 Å². The van der Waals surface area contributed by atoms with Gasteiger partial charge in [-0.15, -0.1) is 0 Å². The number of fused-ring (bicyclic) bond motifs is 1. The maximum absolute atomic E-state index is 12.3. The molecule has 4 rings (SSSR count). The molecule has 0 saturated carbocycles. The van der Waals surface area contributed by atoms with E-state index in [1.807, 2.05) is 47.3 Å². The van der Waals surface area contributed by atoms with Gasteiger partial charge in [0.2, 0.25) is 0 Å². The van der Waals surface area contributed by atoms with Crippen LogP contribution < -0.4 is 5.32 Å². The lowest BCUT2D eigenvalue weighted by Crippen LogP contribution is -2.31. The third-order valence-electron chi connectivity index (χ3n) is 3.98. The first-order valence-corrected chi connectivity index (χ1v) is 8.55. The number of nitrogens with zero attached hydrogens (tertiary/aromatic N) is 2. The SMILES string of the molecule is O=C(NC[C@H]1CCCO1)c1ccc2nc(-n3cccc3)sc2c1. The number of benzene rings is 1. The average molecular weight is 327 g/mol. The molecule has 1 N–H and O–H groups in total. The Morgan fingerprint density at radius 3 is 3.04 bits per heavy atom. The lowest BCUT2D eigenvalue weighted by molar-refractivity contribution is 0.0858. The monoisotopic (exact) mass is 327 g/mol. The Balaban J connectivity index is 1.52. The number of aromatic nitrogens is 2. The molecule has 1 aliphatic rings. The van der Waals surface area contributed by atoms with Crippen molar-refractivity contribution in [3.63, 3.8) is 0 Å². The summed E-state index contributed by atoms with van der Waals surface area (Å²) in [6.45, 7) is 1.38. The standard InChI is InChI=1S/C17H17N3O2S/c21-16(18-11-13-4-3-9-22-13)12-5-6-14-15(10-12)23-17(19-14)20-7-1-2-8-20/h1-2,5-8,10,13H,3-4,9,11H2,(H,18,21)/t13-/m1/s1. The van der Waals surface area contributed by atoms with Gasteiger partial charge in [0, 0.05) is 31.1 Å². The topological polar surface area (TPSA) is 56.1 Å². The number of nitrogens with one attached hydrogen (secondary N) is 1. The van der Waals surface area contributed by atoms with Crippen molar-refractivity contribution in [1.82, 2.24) is 14.9 Å². The minimum absolute atomic E-state index is 0.0571.